The molecule has 0 spiro atoms. The van der Waals surface area contributed by atoms with Gasteiger partial charge in [0.05, 0.1) is 12.2 Å². The Kier molecular flexibility index (Phi) is 7.03. The van der Waals surface area contributed by atoms with Gasteiger partial charge in [0.25, 0.3) is 17.7 Å². The van der Waals surface area contributed by atoms with Crippen LogP contribution >= 0.6 is 0 Å². The van der Waals surface area contributed by atoms with Gasteiger partial charge in [0.1, 0.15) is 5.82 Å². The van der Waals surface area contributed by atoms with Crippen LogP contribution in [0, 0.1) is 5.82 Å². The van der Waals surface area contributed by atoms with E-state index in [2.05, 4.69) is 20.0 Å². The molecule has 5 rings (SSSR count). The van der Waals surface area contributed by atoms with Gasteiger partial charge in [0.2, 0.25) is 0 Å². The molecule has 12 nitrogen and oxygen atoms in total. The van der Waals surface area contributed by atoms with Gasteiger partial charge in [-0.3, -0.25) is 23.9 Å². The maximum Gasteiger partial charge on any atom is 0.439 e. The Labute approximate surface area is 215 Å². The number of ether oxygens (including phenoxy) is 1. The number of aromatic amines is 1. The first-order valence-corrected chi connectivity index (χ1v) is 12.0. The Balaban J connectivity index is 1.27. The highest BCUT2D eigenvalue weighted by Crippen LogP contribution is 2.25. The van der Waals surface area contributed by atoms with Gasteiger partial charge in [-0.15, -0.1) is 0 Å². The minimum atomic E-state index is -1.84. The van der Waals surface area contributed by atoms with Crippen LogP contribution in [0.25, 0.3) is 11.4 Å². The SMILES string of the molecule is O=C(Nc1ccc(-c2noc(=O)[nH]2)cc1)[C@H](O)[C@H]1OCCN(c2ccc(F)c(C(=O)N3CCCC3)c2)C1=O. The third kappa shape index (κ3) is 5.06. The minimum absolute atomic E-state index is 0.0120. The second kappa shape index (κ2) is 10.6. The van der Waals surface area contributed by atoms with Crippen LogP contribution in [-0.2, 0) is 14.3 Å². The first-order chi connectivity index (χ1) is 18.3. The van der Waals surface area contributed by atoms with Crippen LogP contribution in [0.5, 0.6) is 0 Å². The average Bonchev–Trinajstić information content (AvgIpc) is 3.61. The van der Waals surface area contributed by atoms with E-state index in [1.807, 2.05) is 0 Å². The van der Waals surface area contributed by atoms with Gasteiger partial charge in [0, 0.05) is 36.6 Å². The number of carbonyl (C=O) groups is 3. The number of anilines is 2. The Morgan fingerprint density at radius 1 is 1.11 bits per heavy atom. The lowest BCUT2D eigenvalue weighted by Crippen LogP contribution is -2.55. The molecule has 0 unspecified atom stereocenters. The van der Waals surface area contributed by atoms with E-state index in [9.17, 15) is 28.7 Å². The number of aliphatic hydroxyl groups is 1. The van der Waals surface area contributed by atoms with Gasteiger partial charge in [-0.2, -0.15) is 0 Å². The molecule has 3 amide bonds. The van der Waals surface area contributed by atoms with Gasteiger partial charge in [0.15, 0.2) is 18.0 Å². The molecule has 3 N–H and O–H groups in total. The van der Waals surface area contributed by atoms with E-state index in [0.717, 1.165) is 18.9 Å². The Hall–Kier alpha value is -4.36. The molecule has 2 atom stereocenters. The Morgan fingerprint density at radius 3 is 2.53 bits per heavy atom. The molecule has 198 valence electrons. The molecule has 2 aliphatic heterocycles. The van der Waals surface area contributed by atoms with Crippen molar-refractivity contribution in [3.8, 4) is 11.4 Å². The van der Waals surface area contributed by atoms with Crippen molar-refractivity contribution in [2.24, 2.45) is 0 Å². The number of aromatic nitrogens is 2. The number of likely N-dealkylation sites (tertiary alicyclic amines) is 1. The standard InChI is InChI=1S/C25H24FN5O7/c26-18-8-7-16(13-17(18)23(34)30-9-1-2-10-30)31-11-12-37-20(24(31)35)19(32)22(33)27-15-5-3-14(4-6-15)21-28-25(36)38-29-21/h3-8,13,19-20,32H,1-2,9-12H2,(H,27,33)(H,28,29,36)/t19-,20-/m1/s1. The van der Waals surface area contributed by atoms with Crippen LogP contribution < -0.4 is 16.0 Å². The molecule has 2 fully saturated rings. The lowest BCUT2D eigenvalue weighted by Gasteiger charge is -2.34. The van der Waals surface area contributed by atoms with Crippen LogP contribution in [0.4, 0.5) is 15.8 Å². The summed E-state index contributed by atoms with van der Waals surface area (Å²) < 4.78 is 24.4. The molecule has 3 heterocycles. The van der Waals surface area contributed by atoms with E-state index < -0.39 is 41.5 Å². The summed E-state index contributed by atoms with van der Waals surface area (Å²) in [5, 5.41) is 16.7. The van der Waals surface area contributed by atoms with Crippen molar-refractivity contribution in [3.05, 3.63) is 64.4 Å². The zero-order valence-electron chi connectivity index (χ0n) is 20.1. The van der Waals surface area contributed by atoms with Crippen molar-refractivity contribution in [2.75, 3.05) is 36.5 Å². The number of carbonyl (C=O) groups excluding carboxylic acids is 3. The number of aliphatic hydroxyl groups excluding tert-OH is 1. The molecule has 3 aromatic rings. The summed E-state index contributed by atoms with van der Waals surface area (Å²) in [5.41, 5.74) is 0.961. The topological polar surface area (TPSA) is 158 Å². The third-order valence-corrected chi connectivity index (χ3v) is 6.43. The summed E-state index contributed by atoms with van der Waals surface area (Å²) in [5.74, 6) is -3.21. The van der Waals surface area contributed by atoms with Gasteiger partial charge in [-0.05, 0) is 55.3 Å². The van der Waals surface area contributed by atoms with E-state index in [0.29, 0.717) is 24.3 Å². The van der Waals surface area contributed by atoms with Crippen LogP contribution in [-0.4, -0.2) is 76.3 Å². The number of amides is 3. The number of benzene rings is 2. The fourth-order valence-corrected chi connectivity index (χ4v) is 4.44. The van der Waals surface area contributed by atoms with Crippen molar-refractivity contribution in [1.82, 2.24) is 15.0 Å². The molecule has 1 aromatic heterocycles. The first kappa shape index (κ1) is 25.3. The van der Waals surface area contributed by atoms with E-state index in [4.69, 9.17) is 4.74 Å². The smallest absolute Gasteiger partial charge is 0.380 e. The van der Waals surface area contributed by atoms with Crippen LogP contribution in [0.2, 0.25) is 0 Å². The normalized spacial score (nSPS) is 18.5. The maximum absolute atomic E-state index is 14.5. The molecular formula is C25H24FN5O7. The number of hydrogen-bond acceptors (Lipinski definition) is 8. The zero-order chi connectivity index (χ0) is 26.8. The highest BCUT2D eigenvalue weighted by molar-refractivity contribution is 6.04. The number of nitrogens with one attached hydrogen (secondary N) is 2. The first-order valence-electron chi connectivity index (χ1n) is 12.0. The fraction of sp³-hybridized carbons (Fsp3) is 0.320. The van der Waals surface area contributed by atoms with E-state index in [1.54, 1.807) is 17.0 Å². The molecule has 0 bridgehead atoms. The molecule has 0 aliphatic carbocycles. The summed E-state index contributed by atoms with van der Waals surface area (Å²) >= 11 is 0. The van der Waals surface area contributed by atoms with Crippen molar-refractivity contribution in [1.29, 1.82) is 0 Å². The number of halogens is 1. The second-order valence-electron chi connectivity index (χ2n) is 8.90. The Morgan fingerprint density at radius 2 is 1.84 bits per heavy atom. The molecule has 2 aliphatic rings. The predicted octanol–water partition coefficient (Wildman–Crippen LogP) is 1.14. The number of hydrogen-bond donors (Lipinski definition) is 3. The highest BCUT2D eigenvalue weighted by Gasteiger charge is 2.39. The van der Waals surface area contributed by atoms with E-state index in [-0.39, 0.29) is 30.2 Å². The zero-order valence-corrected chi connectivity index (χ0v) is 20.1. The highest BCUT2D eigenvalue weighted by atomic mass is 19.1. The molecular weight excluding hydrogens is 501 g/mol. The molecule has 2 saturated heterocycles. The quantitative estimate of drug-likeness (QED) is 0.432. The van der Waals surface area contributed by atoms with Crippen LogP contribution in [0.3, 0.4) is 0 Å². The maximum atomic E-state index is 14.5. The summed E-state index contributed by atoms with van der Waals surface area (Å²) in [6, 6.07) is 9.96. The number of nitrogens with zero attached hydrogens (tertiary/aromatic N) is 3. The molecule has 13 heteroatoms. The Bertz CT molecular complexity index is 1410. The van der Waals surface area contributed by atoms with Gasteiger partial charge in [-0.1, -0.05) is 5.16 Å². The largest absolute Gasteiger partial charge is 0.439 e. The monoisotopic (exact) mass is 525 g/mol. The van der Waals surface area contributed by atoms with Crippen molar-refractivity contribution >= 4 is 29.1 Å². The number of rotatable bonds is 6. The predicted molar refractivity (Wildman–Crippen MR) is 131 cm³/mol. The van der Waals surface area contributed by atoms with Crippen molar-refractivity contribution in [2.45, 2.75) is 25.0 Å². The third-order valence-electron chi connectivity index (χ3n) is 6.43. The summed E-state index contributed by atoms with van der Waals surface area (Å²) in [4.78, 5) is 55.0. The fourth-order valence-electron chi connectivity index (χ4n) is 4.44. The van der Waals surface area contributed by atoms with Gasteiger partial charge in [-0.25, -0.2) is 9.18 Å². The lowest BCUT2D eigenvalue weighted by atomic mass is 10.1. The van der Waals surface area contributed by atoms with E-state index in [1.165, 1.54) is 29.2 Å². The van der Waals surface area contributed by atoms with Crippen LogP contribution in [0.1, 0.15) is 23.2 Å². The number of morpholine rings is 1. The van der Waals surface area contributed by atoms with Crippen molar-refractivity contribution < 1.29 is 33.1 Å². The minimum Gasteiger partial charge on any atom is -0.380 e. The lowest BCUT2D eigenvalue weighted by molar-refractivity contribution is -0.150. The molecule has 2 aromatic carbocycles. The second-order valence-corrected chi connectivity index (χ2v) is 8.90. The summed E-state index contributed by atoms with van der Waals surface area (Å²) in [7, 11) is 0. The van der Waals surface area contributed by atoms with Crippen molar-refractivity contribution in [3.63, 3.8) is 0 Å². The summed E-state index contributed by atoms with van der Waals surface area (Å²) in [6.07, 6.45) is -1.65. The van der Waals surface area contributed by atoms with Gasteiger partial charge < -0.3 is 25.0 Å². The van der Waals surface area contributed by atoms with Gasteiger partial charge >= 0.3 is 5.76 Å². The average molecular weight is 525 g/mol. The number of H-pyrrole nitrogens is 1. The van der Waals surface area contributed by atoms with E-state index >= 15 is 0 Å². The molecule has 38 heavy (non-hydrogen) atoms. The molecule has 0 radical (unpaired) electrons. The summed E-state index contributed by atoms with van der Waals surface area (Å²) in [6.45, 7) is 1.20. The van der Waals surface area contributed by atoms with Crippen LogP contribution in [0.15, 0.2) is 51.8 Å². The molecule has 0 saturated carbocycles.